The van der Waals surface area contributed by atoms with Gasteiger partial charge in [-0.15, -0.1) is 0 Å². The van der Waals surface area contributed by atoms with Crippen molar-refractivity contribution >= 4 is 28.9 Å². The van der Waals surface area contributed by atoms with E-state index in [0.29, 0.717) is 16.1 Å². The lowest BCUT2D eigenvalue weighted by molar-refractivity contribution is 0.261. The molecule has 1 N–H and O–H groups in total. The Bertz CT molecular complexity index is 368. The molecule has 1 aliphatic heterocycles. The van der Waals surface area contributed by atoms with E-state index in [-0.39, 0.29) is 0 Å². The van der Waals surface area contributed by atoms with Gasteiger partial charge in [-0.3, -0.25) is 0 Å². The summed E-state index contributed by atoms with van der Waals surface area (Å²) in [6.07, 6.45) is 2.43. The molecule has 0 bridgehead atoms. The molecule has 1 heterocycles. The van der Waals surface area contributed by atoms with Crippen LogP contribution >= 0.6 is 23.2 Å². The van der Waals surface area contributed by atoms with Gasteiger partial charge in [-0.05, 0) is 44.6 Å². The molecule has 0 aromatic heterocycles. The zero-order valence-corrected chi connectivity index (χ0v) is 10.9. The van der Waals surface area contributed by atoms with Gasteiger partial charge in [-0.25, -0.2) is 0 Å². The number of piperidine rings is 1. The standard InChI is InChI=1S/C12H16Cl2N2/c1-16-6-2-3-10(8-16)15-12-5-4-9(13)7-11(12)14/h4-5,7,10,15H,2-3,6,8H2,1H3. The Labute approximate surface area is 107 Å². The minimum atomic E-state index is 0.484. The molecule has 0 amide bonds. The Balaban J connectivity index is 2.02. The molecule has 1 atom stereocenters. The fourth-order valence-electron chi connectivity index (χ4n) is 2.11. The summed E-state index contributed by atoms with van der Waals surface area (Å²) in [4.78, 5) is 2.34. The smallest absolute Gasteiger partial charge is 0.0652 e. The Kier molecular flexibility index (Phi) is 3.95. The summed E-state index contributed by atoms with van der Waals surface area (Å²) in [5, 5.41) is 4.85. The van der Waals surface area contributed by atoms with Crippen LogP contribution in [0.25, 0.3) is 0 Å². The third kappa shape index (κ3) is 3.03. The predicted octanol–water partition coefficient (Wildman–Crippen LogP) is 3.50. The summed E-state index contributed by atoms with van der Waals surface area (Å²) in [5.41, 5.74) is 0.978. The molecule has 4 heteroatoms. The summed E-state index contributed by atoms with van der Waals surface area (Å²) >= 11 is 12.0. The molecular formula is C12H16Cl2N2. The fourth-order valence-corrected chi connectivity index (χ4v) is 2.57. The normalized spacial score (nSPS) is 22.1. The first-order chi connectivity index (χ1) is 7.65. The lowest BCUT2D eigenvalue weighted by Crippen LogP contribution is -2.39. The molecular weight excluding hydrogens is 243 g/mol. The van der Waals surface area contributed by atoms with E-state index >= 15 is 0 Å². The van der Waals surface area contributed by atoms with Crippen LogP contribution in [0.1, 0.15) is 12.8 Å². The molecule has 1 fully saturated rings. The highest BCUT2D eigenvalue weighted by atomic mass is 35.5. The topological polar surface area (TPSA) is 15.3 Å². The van der Waals surface area contributed by atoms with Gasteiger partial charge in [0.2, 0.25) is 0 Å². The van der Waals surface area contributed by atoms with Crippen molar-refractivity contribution in [1.29, 1.82) is 0 Å². The highest BCUT2D eigenvalue weighted by molar-refractivity contribution is 6.36. The van der Waals surface area contributed by atoms with E-state index in [1.54, 1.807) is 6.07 Å². The highest BCUT2D eigenvalue weighted by Crippen LogP contribution is 2.27. The number of nitrogens with one attached hydrogen (secondary N) is 1. The maximum atomic E-state index is 6.12. The maximum Gasteiger partial charge on any atom is 0.0652 e. The van der Waals surface area contributed by atoms with Crippen molar-refractivity contribution in [3.63, 3.8) is 0 Å². The molecule has 16 heavy (non-hydrogen) atoms. The first kappa shape index (κ1) is 12.0. The largest absolute Gasteiger partial charge is 0.380 e. The molecule has 2 nitrogen and oxygen atoms in total. The van der Waals surface area contributed by atoms with Gasteiger partial charge >= 0.3 is 0 Å². The van der Waals surface area contributed by atoms with Gasteiger partial charge < -0.3 is 10.2 Å². The van der Waals surface area contributed by atoms with E-state index in [0.717, 1.165) is 12.2 Å². The van der Waals surface area contributed by atoms with Crippen molar-refractivity contribution in [2.75, 3.05) is 25.5 Å². The number of benzene rings is 1. The van der Waals surface area contributed by atoms with Crippen LogP contribution in [-0.4, -0.2) is 31.1 Å². The molecule has 0 saturated carbocycles. The van der Waals surface area contributed by atoms with Gasteiger partial charge in [0.15, 0.2) is 0 Å². The Morgan fingerprint density at radius 1 is 1.38 bits per heavy atom. The quantitative estimate of drug-likeness (QED) is 0.874. The summed E-state index contributed by atoms with van der Waals surface area (Å²) < 4.78 is 0. The number of halogens is 2. The van der Waals surface area contributed by atoms with E-state index in [2.05, 4.69) is 17.3 Å². The van der Waals surface area contributed by atoms with Crippen molar-refractivity contribution in [1.82, 2.24) is 4.90 Å². The van der Waals surface area contributed by atoms with Crippen molar-refractivity contribution in [3.05, 3.63) is 28.2 Å². The van der Waals surface area contributed by atoms with Crippen LogP contribution in [-0.2, 0) is 0 Å². The Morgan fingerprint density at radius 3 is 2.88 bits per heavy atom. The maximum absolute atomic E-state index is 6.12. The number of hydrogen-bond acceptors (Lipinski definition) is 2. The fraction of sp³-hybridized carbons (Fsp3) is 0.500. The van der Waals surface area contributed by atoms with Crippen LogP contribution in [0.4, 0.5) is 5.69 Å². The third-order valence-corrected chi connectivity index (χ3v) is 3.46. The zero-order valence-electron chi connectivity index (χ0n) is 9.34. The van der Waals surface area contributed by atoms with Crippen molar-refractivity contribution < 1.29 is 0 Å². The van der Waals surface area contributed by atoms with Crippen LogP contribution < -0.4 is 5.32 Å². The monoisotopic (exact) mass is 258 g/mol. The number of likely N-dealkylation sites (tertiary alicyclic amines) is 1. The number of nitrogens with zero attached hydrogens (tertiary/aromatic N) is 1. The highest BCUT2D eigenvalue weighted by Gasteiger charge is 2.17. The minimum Gasteiger partial charge on any atom is -0.380 e. The second-order valence-electron chi connectivity index (χ2n) is 4.37. The summed E-state index contributed by atoms with van der Waals surface area (Å²) in [5.74, 6) is 0. The van der Waals surface area contributed by atoms with Gasteiger partial charge in [-0.2, -0.15) is 0 Å². The summed E-state index contributed by atoms with van der Waals surface area (Å²) in [6, 6.07) is 6.07. The SMILES string of the molecule is CN1CCCC(Nc2ccc(Cl)cc2Cl)C1. The van der Waals surface area contributed by atoms with Gasteiger partial charge in [0, 0.05) is 17.6 Å². The summed E-state index contributed by atoms with van der Waals surface area (Å²) in [7, 11) is 2.15. The number of hydrogen-bond donors (Lipinski definition) is 1. The van der Waals surface area contributed by atoms with Gasteiger partial charge in [0.25, 0.3) is 0 Å². The lowest BCUT2D eigenvalue weighted by atomic mass is 10.1. The zero-order chi connectivity index (χ0) is 11.5. The summed E-state index contributed by atoms with van der Waals surface area (Å²) in [6.45, 7) is 2.26. The molecule has 1 aromatic rings. The van der Waals surface area contributed by atoms with Crippen molar-refractivity contribution in [2.24, 2.45) is 0 Å². The molecule has 2 rings (SSSR count). The van der Waals surface area contributed by atoms with Crippen LogP contribution in [0.3, 0.4) is 0 Å². The number of anilines is 1. The molecule has 1 saturated heterocycles. The Morgan fingerprint density at radius 2 is 2.19 bits per heavy atom. The van der Waals surface area contributed by atoms with Crippen molar-refractivity contribution in [2.45, 2.75) is 18.9 Å². The average Bonchev–Trinajstić information content (AvgIpc) is 2.22. The number of likely N-dealkylation sites (N-methyl/N-ethyl adjacent to an activating group) is 1. The first-order valence-electron chi connectivity index (χ1n) is 5.55. The third-order valence-electron chi connectivity index (χ3n) is 2.92. The average molecular weight is 259 g/mol. The van der Waals surface area contributed by atoms with E-state index in [1.807, 2.05) is 12.1 Å². The molecule has 0 spiro atoms. The molecule has 1 aliphatic rings. The molecule has 0 aliphatic carbocycles. The second kappa shape index (κ2) is 5.26. The van der Waals surface area contributed by atoms with Crippen LogP contribution in [0.15, 0.2) is 18.2 Å². The molecule has 88 valence electrons. The molecule has 1 unspecified atom stereocenters. The lowest BCUT2D eigenvalue weighted by Gasteiger charge is -2.31. The van der Waals surface area contributed by atoms with Crippen LogP contribution in [0, 0.1) is 0 Å². The minimum absolute atomic E-state index is 0.484. The second-order valence-corrected chi connectivity index (χ2v) is 5.21. The van der Waals surface area contributed by atoms with Crippen LogP contribution in [0.5, 0.6) is 0 Å². The van der Waals surface area contributed by atoms with E-state index in [1.165, 1.54) is 19.4 Å². The Hall–Kier alpha value is -0.440. The van der Waals surface area contributed by atoms with E-state index in [9.17, 15) is 0 Å². The van der Waals surface area contributed by atoms with Crippen molar-refractivity contribution in [3.8, 4) is 0 Å². The van der Waals surface area contributed by atoms with Gasteiger partial charge in [0.05, 0.1) is 10.7 Å². The van der Waals surface area contributed by atoms with Gasteiger partial charge in [-0.1, -0.05) is 23.2 Å². The molecule has 0 radical (unpaired) electrons. The van der Waals surface area contributed by atoms with Crippen LogP contribution in [0.2, 0.25) is 10.0 Å². The molecule has 1 aromatic carbocycles. The number of rotatable bonds is 2. The van der Waals surface area contributed by atoms with E-state index < -0.39 is 0 Å². The first-order valence-corrected chi connectivity index (χ1v) is 6.31. The van der Waals surface area contributed by atoms with Gasteiger partial charge in [0.1, 0.15) is 0 Å². The van der Waals surface area contributed by atoms with E-state index in [4.69, 9.17) is 23.2 Å². The predicted molar refractivity (Wildman–Crippen MR) is 70.6 cm³/mol.